The van der Waals surface area contributed by atoms with Gasteiger partial charge in [-0.3, -0.25) is 0 Å². The first kappa shape index (κ1) is 23.9. The van der Waals surface area contributed by atoms with Crippen molar-refractivity contribution in [1.82, 2.24) is 9.29 Å². The van der Waals surface area contributed by atoms with Crippen LogP contribution in [0, 0.1) is 0 Å². The van der Waals surface area contributed by atoms with Crippen molar-refractivity contribution in [3.63, 3.8) is 0 Å². The van der Waals surface area contributed by atoms with E-state index in [9.17, 15) is 8.42 Å². The summed E-state index contributed by atoms with van der Waals surface area (Å²) in [5.74, 6) is 2.48. The number of pyridine rings is 1. The number of halogens is 1. The average molecular weight is 514 g/mol. The quantitative estimate of drug-likeness (QED) is 0.478. The molecule has 7 nitrogen and oxygen atoms in total. The standard InChI is InChI=1S/C26H28ClN3O4S/c1-29(2)35(31,32)23-16-24(18-3-8-25-19(15-18)11-14-33-25)26(28-17-23)30-12-9-22(10-13-30)34-21-6-4-20(27)5-7-21/h3-8,15-17,22H,9-14H2,1-2H3. The van der Waals surface area contributed by atoms with Gasteiger partial charge >= 0.3 is 0 Å². The number of benzene rings is 2. The maximum Gasteiger partial charge on any atom is 0.244 e. The third-order valence-corrected chi connectivity index (χ3v) is 8.51. The van der Waals surface area contributed by atoms with Crippen molar-refractivity contribution in [3.8, 4) is 22.6 Å². The molecule has 1 saturated heterocycles. The molecule has 2 aliphatic heterocycles. The Balaban J connectivity index is 1.43. The fraction of sp³-hybridized carbons (Fsp3) is 0.346. The van der Waals surface area contributed by atoms with Crippen LogP contribution < -0.4 is 14.4 Å². The normalized spacial score (nSPS) is 16.3. The van der Waals surface area contributed by atoms with Crippen molar-refractivity contribution in [2.24, 2.45) is 0 Å². The summed E-state index contributed by atoms with van der Waals surface area (Å²) in [6.07, 6.45) is 4.07. The lowest BCUT2D eigenvalue weighted by Crippen LogP contribution is -2.39. The van der Waals surface area contributed by atoms with Gasteiger partial charge in [-0.1, -0.05) is 17.7 Å². The zero-order chi connectivity index (χ0) is 24.6. The van der Waals surface area contributed by atoms with Gasteiger partial charge in [-0.25, -0.2) is 17.7 Å². The minimum atomic E-state index is -3.61. The molecule has 2 aromatic carbocycles. The molecule has 1 fully saturated rings. The lowest BCUT2D eigenvalue weighted by atomic mass is 10.0. The first-order valence-electron chi connectivity index (χ1n) is 11.7. The Bertz CT molecular complexity index is 1320. The Morgan fingerprint density at radius 3 is 2.54 bits per heavy atom. The molecular formula is C26H28ClN3O4S. The maximum absolute atomic E-state index is 12.9. The van der Waals surface area contributed by atoms with E-state index in [4.69, 9.17) is 21.1 Å². The topological polar surface area (TPSA) is 72.0 Å². The van der Waals surface area contributed by atoms with E-state index in [1.54, 1.807) is 6.07 Å². The van der Waals surface area contributed by atoms with Crippen molar-refractivity contribution in [2.75, 3.05) is 38.7 Å². The molecule has 3 aromatic rings. The predicted molar refractivity (Wildman–Crippen MR) is 137 cm³/mol. The second kappa shape index (κ2) is 9.68. The first-order chi connectivity index (χ1) is 16.8. The summed E-state index contributed by atoms with van der Waals surface area (Å²) >= 11 is 5.98. The molecule has 2 aliphatic rings. The van der Waals surface area contributed by atoms with Gasteiger partial charge < -0.3 is 14.4 Å². The Morgan fingerprint density at radius 1 is 1.09 bits per heavy atom. The van der Waals surface area contributed by atoms with E-state index in [-0.39, 0.29) is 11.0 Å². The molecule has 0 atom stereocenters. The third kappa shape index (κ3) is 4.96. The first-order valence-corrected chi connectivity index (χ1v) is 13.5. The SMILES string of the molecule is CN(C)S(=O)(=O)c1cnc(N2CCC(Oc3ccc(Cl)cc3)CC2)c(-c2ccc3c(c2)CCO3)c1. The van der Waals surface area contributed by atoms with Gasteiger partial charge in [0.15, 0.2) is 0 Å². The van der Waals surface area contributed by atoms with Crippen LogP contribution >= 0.6 is 11.6 Å². The highest BCUT2D eigenvalue weighted by molar-refractivity contribution is 7.89. The van der Waals surface area contributed by atoms with Crippen LogP contribution in [0.4, 0.5) is 5.82 Å². The Kier molecular flexibility index (Phi) is 6.61. The van der Waals surface area contributed by atoms with E-state index < -0.39 is 10.0 Å². The summed E-state index contributed by atoms with van der Waals surface area (Å²) in [7, 11) is -0.557. The number of sulfonamides is 1. The van der Waals surface area contributed by atoms with E-state index >= 15 is 0 Å². The highest BCUT2D eigenvalue weighted by Crippen LogP contribution is 2.37. The van der Waals surface area contributed by atoms with Gasteiger partial charge in [0.25, 0.3) is 0 Å². The molecule has 5 rings (SSSR count). The predicted octanol–water partition coefficient (Wildman–Crippen LogP) is 4.64. The average Bonchev–Trinajstić information content (AvgIpc) is 3.33. The number of hydrogen-bond acceptors (Lipinski definition) is 6. The van der Waals surface area contributed by atoms with Crippen molar-refractivity contribution in [1.29, 1.82) is 0 Å². The molecule has 0 spiro atoms. The summed E-state index contributed by atoms with van der Waals surface area (Å²) in [6, 6.07) is 15.2. The van der Waals surface area contributed by atoms with Crippen LogP contribution in [0.5, 0.6) is 11.5 Å². The third-order valence-electron chi connectivity index (χ3n) is 6.48. The minimum Gasteiger partial charge on any atom is -0.493 e. The van der Waals surface area contributed by atoms with Crippen LogP contribution in [0.1, 0.15) is 18.4 Å². The number of anilines is 1. The summed E-state index contributed by atoms with van der Waals surface area (Å²) < 4.78 is 38.7. The number of piperidine rings is 1. The maximum atomic E-state index is 12.9. The van der Waals surface area contributed by atoms with Crippen LogP contribution in [-0.4, -0.2) is 57.6 Å². The lowest BCUT2D eigenvalue weighted by molar-refractivity contribution is 0.171. The van der Waals surface area contributed by atoms with Gasteiger partial charge in [0.1, 0.15) is 28.3 Å². The number of ether oxygens (including phenoxy) is 2. The Morgan fingerprint density at radius 2 is 1.83 bits per heavy atom. The van der Waals surface area contributed by atoms with E-state index in [0.29, 0.717) is 11.6 Å². The molecular weight excluding hydrogens is 486 g/mol. The van der Waals surface area contributed by atoms with E-state index in [1.807, 2.05) is 36.4 Å². The highest BCUT2D eigenvalue weighted by atomic mass is 35.5. The molecule has 0 amide bonds. The summed E-state index contributed by atoms with van der Waals surface area (Å²) in [5.41, 5.74) is 2.87. The fourth-order valence-electron chi connectivity index (χ4n) is 4.50. The molecule has 184 valence electrons. The number of aromatic nitrogens is 1. The lowest BCUT2D eigenvalue weighted by Gasteiger charge is -2.34. The van der Waals surface area contributed by atoms with E-state index in [1.165, 1.54) is 24.6 Å². The van der Waals surface area contributed by atoms with Gasteiger partial charge in [0.2, 0.25) is 10.0 Å². The van der Waals surface area contributed by atoms with Crippen molar-refractivity contribution < 1.29 is 17.9 Å². The van der Waals surface area contributed by atoms with Gasteiger partial charge in [-0.05, 0) is 53.6 Å². The van der Waals surface area contributed by atoms with Crippen molar-refractivity contribution in [3.05, 3.63) is 65.3 Å². The molecule has 0 N–H and O–H groups in total. The smallest absolute Gasteiger partial charge is 0.244 e. The molecule has 1 aromatic heterocycles. The molecule has 0 saturated carbocycles. The highest BCUT2D eigenvalue weighted by Gasteiger charge is 2.27. The number of nitrogens with zero attached hydrogens (tertiary/aromatic N) is 3. The van der Waals surface area contributed by atoms with Crippen LogP contribution in [0.2, 0.25) is 5.02 Å². The summed E-state index contributed by atoms with van der Waals surface area (Å²) in [5, 5.41) is 0.684. The molecule has 0 radical (unpaired) electrons. The van der Waals surface area contributed by atoms with Gasteiger partial charge in [0, 0.05) is 63.2 Å². The molecule has 0 bridgehead atoms. The second-order valence-corrected chi connectivity index (χ2v) is 11.6. The Labute approximate surface area is 211 Å². The summed E-state index contributed by atoms with van der Waals surface area (Å²) in [4.78, 5) is 7.07. The number of fused-ring (bicyclic) bond motifs is 1. The molecule has 35 heavy (non-hydrogen) atoms. The van der Waals surface area contributed by atoms with E-state index in [0.717, 1.165) is 66.4 Å². The van der Waals surface area contributed by atoms with Crippen LogP contribution in [-0.2, 0) is 16.4 Å². The summed E-state index contributed by atoms with van der Waals surface area (Å²) in [6.45, 7) is 2.18. The van der Waals surface area contributed by atoms with Crippen LogP contribution in [0.15, 0.2) is 59.6 Å². The van der Waals surface area contributed by atoms with Gasteiger partial charge in [-0.15, -0.1) is 0 Å². The zero-order valence-corrected chi connectivity index (χ0v) is 21.3. The monoisotopic (exact) mass is 513 g/mol. The number of hydrogen-bond donors (Lipinski definition) is 0. The zero-order valence-electron chi connectivity index (χ0n) is 19.8. The largest absolute Gasteiger partial charge is 0.493 e. The Hall–Kier alpha value is -2.81. The molecule has 0 aliphatic carbocycles. The van der Waals surface area contributed by atoms with Gasteiger partial charge in [-0.2, -0.15) is 0 Å². The second-order valence-electron chi connectivity index (χ2n) is 9.01. The van der Waals surface area contributed by atoms with Crippen LogP contribution in [0.3, 0.4) is 0 Å². The molecule has 0 unspecified atom stereocenters. The van der Waals surface area contributed by atoms with Crippen LogP contribution in [0.25, 0.3) is 11.1 Å². The van der Waals surface area contributed by atoms with E-state index in [2.05, 4.69) is 16.0 Å². The fourth-order valence-corrected chi connectivity index (χ4v) is 5.50. The molecule has 3 heterocycles. The minimum absolute atomic E-state index is 0.0985. The number of rotatable bonds is 6. The molecule has 9 heteroatoms. The van der Waals surface area contributed by atoms with Gasteiger partial charge in [0.05, 0.1) is 6.61 Å². The van der Waals surface area contributed by atoms with Crippen molar-refractivity contribution >= 4 is 27.4 Å². The van der Waals surface area contributed by atoms with Crippen molar-refractivity contribution in [2.45, 2.75) is 30.3 Å².